The Hall–Kier alpha value is -0.500. The molecule has 3 N–H and O–H groups in total. The Balaban J connectivity index is 4.11. The van der Waals surface area contributed by atoms with Crippen molar-refractivity contribution in [1.82, 2.24) is 5.32 Å². The standard InChI is InChI=1S/C35H73N2O6P/c1-6-8-10-12-13-14-15-16-17-18-19-20-21-22-23-24-25-27-29-35(39)36-33(34(38)28-26-11-9-7-2)32-43-44(40,41)42-31-30-37(3,4)5/h33-34,38H,6-32H2,1-5H3,(H-,36,39,40,41)/p+1. The average Bonchev–Trinajstić information content (AvgIpc) is 2.96. The van der Waals surface area contributed by atoms with E-state index in [0.29, 0.717) is 23.9 Å². The van der Waals surface area contributed by atoms with Gasteiger partial charge in [-0.15, -0.1) is 0 Å². The highest BCUT2D eigenvalue weighted by molar-refractivity contribution is 7.47. The first-order valence-corrected chi connectivity index (χ1v) is 19.9. The number of carbonyl (C=O) groups excluding carboxylic acids is 1. The first kappa shape index (κ1) is 43.5. The highest BCUT2D eigenvalue weighted by Gasteiger charge is 2.28. The van der Waals surface area contributed by atoms with E-state index in [9.17, 15) is 19.4 Å². The quantitative estimate of drug-likeness (QED) is 0.0372. The van der Waals surface area contributed by atoms with Gasteiger partial charge in [-0.2, -0.15) is 0 Å². The van der Waals surface area contributed by atoms with Crippen LogP contribution in [0, 0.1) is 0 Å². The molecule has 3 atom stereocenters. The molecule has 3 unspecified atom stereocenters. The third-order valence-corrected chi connectivity index (χ3v) is 9.34. The highest BCUT2D eigenvalue weighted by Crippen LogP contribution is 2.43. The van der Waals surface area contributed by atoms with Gasteiger partial charge in [0, 0.05) is 6.42 Å². The summed E-state index contributed by atoms with van der Waals surface area (Å²) in [6.07, 6.45) is 27.5. The summed E-state index contributed by atoms with van der Waals surface area (Å²) in [5, 5.41) is 13.6. The van der Waals surface area contributed by atoms with E-state index in [-0.39, 0.29) is 19.1 Å². The molecular weight excluding hydrogens is 575 g/mol. The van der Waals surface area contributed by atoms with Gasteiger partial charge in [0.15, 0.2) is 0 Å². The third kappa shape index (κ3) is 30.2. The molecule has 0 aliphatic carbocycles. The molecule has 0 spiro atoms. The molecule has 8 nitrogen and oxygen atoms in total. The summed E-state index contributed by atoms with van der Waals surface area (Å²) in [7, 11) is 1.62. The number of likely N-dealkylation sites (N-methyl/N-ethyl adjacent to an activating group) is 1. The van der Waals surface area contributed by atoms with Crippen LogP contribution < -0.4 is 5.32 Å². The molecule has 0 saturated carbocycles. The molecule has 0 rings (SSSR count). The predicted octanol–water partition coefficient (Wildman–Crippen LogP) is 9.07. The van der Waals surface area contributed by atoms with E-state index < -0.39 is 20.0 Å². The summed E-state index contributed by atoms with van der Waals surface area (Å²) < 4.78 is 23.3. The Morgan fingerprint density at radius 2 is 1.09 bits per heavy atom. The molecule has 0 aromatic carbocycles. The van der Waals surface area contributed by atoms with Crippen molar-refractivity contribution in [2.24, 2.45) is 0 Å². The summed E-state index contributed by atoms with van der Waals surface area (Å²) in [6.45, 7) is 4.76. The predicted molar refractivity (Wildman–Crippen MR) is 185 cm³/mol. The van der Waals surface area contributed by atoms with Crippen LogP contribution in [0.15, 0.2) is 0 Å². The Morgan fingerprint density at radius 3 is 1.52 bits per heavy atom. The Labute approximate surface area is 272 Å². The number of hydrogen-bond donors (Lipinski definition) is 3. The van der Waals surface area contributed by atoms with Crippen molar-refractivity contribution in [1.29, 1.82) is 0 Å². The Bertz CT molecular complexity index is 703. The molecule has 0 saturated heterocycles. The van der Waals surface area contributed by atoms with Crippen LogP contribution in [0.1, 0.15) is 168 Å². The van der Waals surface area contributed by atoms with Crippen LogP contribution in [0.3, 0.4) is 0 Å². The van der Waals surface area contributed by atoms with Gasteiger partial charge in [0.25, 0.3) is 0 Å². The Morgan fingerprint density at radius 1 is 0.682 bits per heavy atom. The van der Waals surface area contributed by atoms with E-state index in [4.69, 9.17) is 9.05 Å². The van der Waals surface area contributed by atoms with Crippen LogP contribution in [0.2, 0.25) is 0 Å². The van der Waals surface area contributed by atoms with E-state index in [1.54, 1.807) is 0 Å². The van der Waals surface area contributed by atoms with Gasteiger partial charge in [-0.3, -0.25) is 13.8 Å². The summed E-state index contributed by atoms with van der Waals surface area (Å²) in [5.74, 6) is -0.151. The molecule has 1 amide bonds. The molecule has 0 aliphatic rings. The zero-order valence-electron chi connectivity index (χ0n) is 29.7. The van der Waals surface area contributed by atoms with E-state index in [1.807, 2.05) is 21.1 Å². The van der Waals surface area contributed by atoms with Crippen LogP contribution in [0.25, 0.3) is 0 Å². The van der Waals surface area contributed by atoms with Crippen molar-refractivity contribution in [3.8, 4) is 0 Å². The van der Waals surface area contributed by atoms with E-state index in [2.05, 4.69) is 19.2 Å². The molecule has 0 aromatic rings. The van der Waals surface area contributed by atoms with Gasteiger partial charge in [-0.1, -0.05) is 149 Å². The van der Waals surface area contributed by atoms with Gasteiger partial charge in [0.2, 0.25) is 5.91 Å². The summed E-state index contributed by atoms with van der Waals surface area (Å²) in [6, 6.07) is -0.748. The normalized spacial score (nSPS) is 14.8. The number of nitrogens with zero attached hydrogens (tertiary/aromatic N) is 1. The SMILES string of the molecule is CCCCCCCCCCCCCCCCCCCCC(=O)NC(COP(=O)(O)OCC[N+](C)(C)C)C(O)CCCCCC. The van der Waals surface area contributed by atoms with Crippen molar-refractivity contribution in [2.45, 2.75) is 180 Å². The van der Waals surface area contributed by atoms with Crippen LogP contribution in [0.5, 0.6) is 0 Å². The van der Waals surface area contributed by atoms with Crippen molar-refractivity contribution in [2.75, 3.05) is 40.9 Å². The van der Waals surface area contributed by atoms with Crippen molar-refractivity contribution in [3.63, 3.8) is 0 Å². The van der Waals surface area contributed by atoms with Gasteiger partial charge >= 0.3 is 7.82 Å². The fourth-order valence-electron chi connectivity index (χ4n) is 5.34. The van der Waals surface area contributed by atoms with Gasteiger partial charge < -0.3 is 19.8 Å². The van der Waals surface area contributed by atoms with Gasteiger partial charge in [0.1, 0.15) is 13.2 Å². The second-order valence-electron chi connectivity index (χ2n) is 14.0. The number of rotatable bonds is 33. The number of aliphatic hydroxyl groups excluding tert-OH is 1. The van der Waals surface area contributed by atoms with E-state index in [0.717, 1.165) is 44.9 Å². The molecule has 264 valence electrons. The van der Waals surface area contributed by atoms with Crippen molar-refractivity contribution >= 4 is 13.7 Å². The Kier molecular flexibility index (Phi) is 28.4. The minimum Gasteiger partial charge on any atom is -0.391 e. The van der Waals surface area contributed by atoms with E-state index in [1.165, 1.54) is 96.3 Å². The zero-order valence-corrected chi connectivity index (χ0v) is 30.6. The fourth-order valence-corrected chi connectivity index (χ4v) is 6.07. The number of phosphoric acid groups is 1. The molecule has 0 radical (unpaired) electrons. The van der Waals surface area contributed by atoms with Crippen molar-refractivity contribution in [3.05, 3.63) is 0 Å². The summed E-state index contributed by atoms with van der Waals surface area (Å²) in [5.41, 5.74) is 0. The highest BCUT2D eigenvalue weighted by atomic mass is 31.2. The van der Waals surface area contributed by atoms with E-state index >= 15 is 0 Å². The monoisotopic (exact) mass is 650 g/mol. The van der Waals surface area contributed by atoms with Crippen LogP contribution in [-0.4, -0.2) is 73.4 Å². The maximum atomic E-state index is 12.7. The topological polar surface area (TPSA) is 105 Å². The van der Waals surface area contributed by atoms with Crippen molar-refractivity contribution < 1.29 is 32.9 Å². The fraction of sp³-hybridized carbons (Fsp3) is 0.971. The lowest BCUT2D eigenvalue weighted by molar-refractivity contribution is -0.870. The number of quaternary nitrogens is 1. The van der Waals surface area contributed by atoms with Gasteiger partial charge in [0.05, 0.1) is 39.9 Å². The number of nitrogens with one attached hydrogen (secondary N) is 1. The summed E-state index contributed by atoms with van der Waals surface area (Å²) in [4.78, 5) is 22.8. The number of carbonyl (C=O) groups is 1. The van der Waals surface area contributed by atoms with Gasteiger partial charge in [-0.25, -0.2) is 4.57 Å². The minimum absolute atomic E-state index is 0.0766. The smallest absolute Gasteiger partial charge is 0.391 e. The number of hydrogen-bond acceptors (Lipinski definition) is 5. The molecule has 0 aromatic heterocycles. The zero-order chi connectivity index (χ0) is 32.9. The number of unbranched alkanes of at least 4 members (excludes halogenated alkanes) is 20. The maximum Gasteiger partial charge on any atom is 0.472 e. The number of phosphoric ester groups is 1. The first-order chi connectivity index (χ1) is 21.0. The second kappa shape index (κ2) is 28.7. The van der Waals surface area contributed by atoms with Crippen LogP contribution in [-0.2, 0) is 18.4 Å². The first-order valence-electron chi connectivity index (χ1n) is 18.4. The molecule has 0 bridgehead atoms. The lowest BCUT2D eigenvalue weighted by atomic mass is 10.0. The molecular formula is C35H74N2O6P+. The van der Waals surface area contributed by atoms with Crippen LogP contribution >= 0.6 is 7.82 Å². The number of amides is 1. The average molecular weight is 650 g/mol. The lowest BCUT2D eigenvalue weighted by Crippen LogP contribution is -2.46. The van der Waals surface area contributed by atoms with Crippen LogP contribution in [0.4, 0.5) is 0 Å². The molecule has 0 fully saturated rings. The minimum atomic E-state index is -4.28. The third-order valence-electron chi connectivity index (χ3n) is 8.36. The van der Waals surface area contributed by atoms with Gasteiger partial charge in [-0.05, 0) is 12.8 Å². The molecule has 0 aliphatic heterocycles. The molecule has 0 heterocycles. The molecule has 44 heavy (non-hydrogen) atoms. The summed E-state index contributed by atoms with van der Waals surface area (Å²) >= 11 is 0. The molecule has 9 heteroatoms. The largest absolute Gasteiger partial charge is 0.472 e. The number of aliphatic hydroxyl groups is 1. The lowest BCUT2D eigenvalue weighted by Gasteiger charge is -2.26. The maximum absolute atomic E-state index is 12.7. The second-order valence-corrected chi connectivity index (χ2v) is 15.4.